The number of benzene rings is 2. The summed E-state index contributed by atoms with van der Waals surface area (Å²) in [6, 6.07) is 10.2. The number of nitrogens with one attached hydrogen (secondary N) is 3. The van der Waals surface area contributed by atoms with Gasteiger partial charge < -0.3 is 20.7 Å². The predicted molar refractivity (Wildman–Crippen MR) is 131 cm³/mol. The summed E-state index contributed by atoms with van der Waals surface area (Å²) >= 11 is 0. The first-order valence-electron chi connectivity index (χ1n) is 12.4. The lowest BCUT2D eigenvalue weighted by atomic mass is 10.1. The SMILES string of the molecule is Cc1cc(F)c(CCNC(=O)C(CC(F)F)NC(=O)C2CC(OCCCc3ccccc3)CN2)c(F)c1. The standard InChI is InChI=1S/C27H33F4N3O3/c1-17-12-21(28)20(22(29)13-17)9-10-32-26(35)24(15-25(30)31)34-27(36)23-14-19(16-33-23)37-11-5-8-18-6-3-2-4-7-18/h2-4,6-7,12-13,19,23-25,33H,5,8-11,14-16H2,1H3,(H,32,35)(H,34,36). The molecule has 2 amide bonds. The minimum atomic E-state index is -2.83. The van der Waals surface area contributed by atoms with Crippen molar-refractivity contribution >= 4 is 11.8 Å². The van der Waals surface area contributed by atoms with Crippen LogP contribution in [0.1, 0.15) is 36.0 Å². The number of amides is 2. The number of hydrogen-bond acceptors (Lipinski definition) is 4. The second kappa shape index (κ2) is 14.1. The first kappa shape index (κ1) is 28.6. The van der Waals surface area contributed by atoms with Crippen LogP contribution in [0.5, 0.6) is 0 Å². The first-order valence-corrected chi connectivity index (χ1v) is 12.4. The molecule has 2 aromatic carbocycles. The van der Waals surface area contributed by atoms with Gasteiger partial charge in [-0.3, -0.25) is 9.59 Å². The number of carbonyl (C=O) groups is 2. The van der Waals surface area contributed by atoms with E-state index in [2.05, 4.69) is 16.0 Å². The number of alkyl halides is 2. The van der Waals surface area contributed by atoms with E-state index >= 15 is 0 Å². The van der Waals surface area contributed by atoms with Crippen molar-refractivity contribution in [3.8, 4) is 0 Å². The van der Waals surface area contributed by atoms with E-state index in [1.165, 1.54) is 17.7 Å². The molecular weight excluding hydrogens is 490 g/mol. The maximum Gasteiger partial charge on any atom is 0.242 e. The van der Waals surface area contributed by atoms with Crippen LogP contribution in [-0.4, -0.2) is 56.1 Å². The summed E-state index contributed by atoms with van der Waals surface area (Å²) in [5, 5.41) is 7.78. The number of halogens is 4. The van der Waals surface area contributed by atoms with Gasteiger partial charge in [0.15, 0.2) is 0 Å². The topological polar surface area (TPSA) is 79.5 Å². The molecule has 37 heavy (non-hydrogen) atoms. The first-order chi connectivity index (χ1) is 17.7. The smallest absolute Gasteiger partial charge is 0.242 e. The van der Waals surface area contributed by atoms with Crippen molar-refractivity contribution in [3.05, 3.63) is 70.8 Å². The summed E-state index contributed by atoms with van der Waals surface area (Å²) in [5.41, 5.74) is 1.43. The second-order valence-corrected chi connectivity index (χ2v) is 9.21. The van der Waals surface area contributed by atoms with Gasteiger partial charge in [0.2, 0.25) is 18.2 Å². The molecular formula is C27H33F4N3O3. The maximum absolute atomic E-state index is 14.0. The zero-order valence-corrected chi connectivity index (χ0v) is 20.7. The van der Waals surface area contributed by atoms with Gasteiger partial charge in [0.05, 0.1) is 12.1 Å². The lowest BCUT2D eigenvalue weighted by molar-refractivity contribution is -0.130. The van der Waals surface area contributed by atoms with Crippen LogP contribution in [-0.2, 0) is 27.2 Å². The van der Waals surface area contributed by atoms with Gasteiger partial charge in [-0.05, 0) is 55.9 Å². The number of carbonyl (C=O) groups excluding carboxylic acids is 2. The van der Waals surface area contributed by atoms with E-state index in [9.17, 15) is 27.2 Å². The molecule has 2 aromatic rings. The van der Waals surface area contributed by atoms with Crippen LogP contribution < -0.4 is 16.0 Å². The summed E-state index contributed by atoms with van der Waals surface area (Å²) < 4.78 is 60.0. The van der Waals surface area contributed by atoms with Crippen LogP contribution >= 0.6 is 0 Å². The Kier molecular flexibility index (Phi) is 10.9. The fraction of sp³-hybridized carbons (Fsp3) is 0.481. The zero-order valence-electron chi connectivity index (χ0n) is 20.7. The highest BCUT2D eigenvalue weighted by molar-refractivity contribution is 5.90. The Morgan fingerprint density at radius 2 is 1.81 bits per heavy atom. The van der Waals surface area contributed by atoms with Crippen molar-refractivity contribution in [1.29, 1.82) is 0 Å². The average Bonchev–Trinajstić information content (AvgIpc) is 3.32. The van der Waals surface area contributed by atoms with Crippen LogP contribution in [0, 0.1) is 18.6 Å². The summed E-state index contributed by atoms with van der Waals surface area (Å²) in [6.07, 6.45) is -2.02. The molecule has 0 spiro atoms. The summed E-state index contributed by atoms with van der Waals surface area (Å²) in [7, 11) is 0. The second-order valence-electron chi connectivity index (χ2n) is 9.21. The average molecular weight is 524 g/mol. The van der Waals surface area contributed by atoms with Crippen LogP contribution in [0.4, 0.5) is 17.6 Å². The molecule has 1 fully saturated rings. The predicted octanol–water partition coefficient (Wildman–Crippen LogP) is 3.45. The third kappa shape index (κ3) is 9.12. The number of aryl methyl sites for hydroxylation is 2. The molecule has 3 atom stereocenters. The lowest BCUT2D eigenvalue weighted by Gasteiger charge is -2.20. The molecule has 0 aromatic heterocycles. The van der Waals surface area contributed by atoms with Crippen molar-refractivity contribution in [3.63, 3.8) is 0 Å². The molecule has 3 N–H and O–H groups in total. The molecule has 0 radical (unpaired) electrons. The highest BCUT2D eigenvalue weighted by atomic mass is 19.3. The van der Waals surface area contributed by atoms with E-state index < -0.39 is 48.4 Å². The van der Waals surface area contributed by atoms with Crippen molar-refractivity contribution in [2.45, 2.75) is 63.6 Å². The highest BCUT2D eigenvalue weighted by Gasteiger charge is 2.33. The molecule has 1 saturated heterocycles. The molecule has 202 valence electrons. The number of ether oxygens (including phenoxy) is 1. The Morgan fingerprint density at radius 3 is 2.49 bits per heavy atom. The van der Waals surface area contributed by atoms with Gasteiger partial charge in [-0.15, -0.1) is 0 Å². The fourth-order valence-electron chi connectivity index (χ4n) is 4.29. The van der Waals surface area contributed by atoms with Crippen LogP contribution in [0.3, 0.4) is 0 Å². The molecule has 0 saturated carbocycles. The zero-order chi connectivity index (χ0) is 26.8. The summed E-state index contributed by atoms with van der Waals surface area (Å²) in [4.78, 5) is 25.2. The van der Waals surface area contributed by atoms with Gasteiger partial charge in [0.25, 0.3) is 0 Å². The molecule has 1 aliphatic rings. The fourth-order valence-corrected chi connectivity index (χ4v) is 4.29. The van der Waals surface area contributed by atoms with E-state index in [4.69, 9.17) is 4.74 Å². The minimum Gasteiger partial charge on any atom is -0.377 e. The Labute approximate surface area is 214 Å². The minimum absolute atomic E-state index is 0.160. The summed E-state index contributed by atoms with van der Waals surface area (Å²) in [6.45, 7) is 2.33. The molecule has 10 heteroatoms. The van der Waals surface area contributed by atoms with Gasteiger partial charge in [0.1, 0.15) is 17.7 Å². The Bertz CT molecular complexity index is 1020. The third-order valence-electron chi connectivity index (χ3n) is 6.22. The quantitative estimate of drug-likeness (QED) is 0.278. The van der Waals surface area contributed by atoms with Gasteiger partial charge in [0, 0.05) is 31.7 Å². The molecule has 0 aliphatic carbocycles. The number of rotatable bonds is 13. The lowest BCUT2D eigenvalue weighted by Crippen LogP contribution is -2.52. The van der Waals surface area contributed by atoms with Crippen LogP contribution in [0.15, 0.2) is 42.5 Å². The highest BCUT2D eigenvalue weighted by Crippen LogP contribution is 2.16. The number of hydrogen-bond donors (Lipinski definition) is 3. The van der Waals surface area contributed by atoms with Gasteiger partial charge >= 0.3 is 0 Å². The van der Waals surface area contributed by atoms with E-state index in [1.54, 1.807) is 6.92 Å². The van der Waals surface area contributed by atoms with E-state index in [0.717, 1.165) is 12.8 Å². The third-order valence-corrected chi connectivity index (χ3v) is 6.22. The van der Waals surface area contributed by atoms with Crippen molar-refractivity contribution in [1.82, 2.24) is 16.0 Å². The van der Waals surface area contributed by atoms with Crippen molar-refractivity contribution in [2.24, 2.45) is 0 Å². The maximum atomic E-state index is 14.0. The Balaban J connectivity index is 1.43. The van der Waals surface area contributed by atoms with E-state index in [0.29, 0.717) is 25.1 Å². The normalized spacial score (nSPS) is 18.1. The monoisotopic (exact) mass is 523 g/mol. The Morgan fingerprint density at radius 1 is 1.11 bits per heavy atom. The molecule has 0 bridgehead atoms. The molecule has 1 aliphatic heterocycles. The van der Waals surface area contributed by atoms with Crippen LogP contribution in [0.25, 0.3) is 0 Å². The van der Waals surface area contributed by atoms with E-state index in [1.807, 2.05) is 30.3 Å². The van der Waals surface area contributed by atoms with Gasteiger partial charge in [-0.1, -0.05) is 30.3 Å². The van der Waals surface area contributed by atoms with Gasteiger partial charge in [-0.25, -0.2) is 17.6 Å². The largest absolute Gasteiger partial charge is 0.377 e. The van der Waals surface area contributed by atoms with Crippen molar-refractivity contribution in [2.75, 3.05) is 19.7 Å². The molecule has 6 nitrogen and oxygen atoms in total. The van der Waals surface area contributed by atoms with Crippen LogP contribution in [0.2, 0.25) is 0 Å². The van der Waals surface area contributed by atoms with E-state index in [-0.39, 0.29) is 24.6 Å². The molecule has 3 unspecified atom stereocenters. The van der Waals surface area contributed by atoms with Crippen molar-refractivity contribution < 1.29 is 31.9 Å². The summed E-state index contributed by atoms with van der Waals surface area (Å²) in [5.74, 6) is -2.90. The molecule has 3 rings (SSSR count). The Hall–Kier alpha value is -2.98. The molecule has 1 heterocycles. The van der Waals surface area contributed by atoms with Gasteiger partial charge in [-0.2, -0.15) is 0 Å².